The van der Waals surface area contributed by atoms with E-state index in [0.717, 1.165) is 37.4 Å². The number of hydrogen-bond donors (Lipinski definition) is 0. The Hall–Kier alpha value is -3.08. The molecule has 0 N–H and O–H groups in total. The largest absolute Gasteiger partial charge is 0.469 e. The van der Waals surface area contributed by atoms with Crippen LogP contribution in [0.2, 0.25) is 0 Å². The van der Waals surface area contributed by atoms with Crippen LogP contribution >= 0.6 is 0 Å². The van der Waals surface area contributed by atoms with E-state index in [2.05, 4.69) is 9.47 Å². The van der Waals surface area contributed by atoms with Crippen molar-refractivity contribution in [3.63, 3.8) is 0 Å². The van der Waals surface area contributed by atoms with Crippen molar-refractivity contribution in [2.45, 2.75) is 24.9 Å². The lowest BCUT2D eigenvalue weighted by Crippen LogP contribution is -2.16. The summed E-state index contributed by atoms with van der Waals surface area (Å²) in [6.07, 6.45) is -0.316. The molecule has 8 heteroatoms. The fourth-order valence-corrected chi connectivity index (χ4v) is 2.73. The third-order valence-corrected chi connectivity index (χ3v) is 3.93. The molecule has 0 bridgehead atoms. The van der Waals surface area contributed by atoms with Crippen LogP contribution in [0.5, 0.6) is 5.75 Å². The third kappa shape index (κ3) is 5.45. The highest BCUT2D eigenvalue weighted by Gasteiger charge is 2.29. The van der Waals surface area contributed by atoms with E-state index in [1.165, 1.54) is 12.1 Å². The maximum Gasteiger partial charge on any atom is 0.387 e. The zero-order chi connectivity index (χ0) is 20.0. The molecule has 2 aromatic rings. The minimum absolute atomic E-state index is 0.104. The molecule has 142 valence electrons. The fourth-order valence-electron chi connectivity index (χ4n) is 2.73. The summed E-state index contributed by atoms with van der Waals surface area (Å²) in [6, 6.07) is 9.95. The number of carbonyl (C=O) groups is 1. The van der Waals surface area contributed by atoms with Crippen LogP contribution in [-0.4, -0.2) is 19.7 Å². The monoisotopic (exact) mass is 381 g/mol. The van der Waals surface area contributed by atoms with Gasteiger partial charge in [0, 0.05) is 12.0 Å². The first-order valence-electron chi connectivity index (χ1n) is 7.81. The summed E-state index contributed by atoms with van der Waals surface area (Å²) in [5.74, 6) is -4.41. The van der Waals surface area contributed by atoms with Gasteiger partial charge in [-0.1, -0.05) is 12.1 Å². The van der Waals surface area contributed by atoms with Gasteiger partial charge in [0.2, 0.25) is 0 Å². The summed E-state index contributed by atoms with van der Waals surface area (Å²) in [5.41, 5.74) is 0.486. The van der Waals surface area contributed by atoms with Gasteiger partial charge in [-0.3, -0.25) is 4.79 Å². The molecule has 0 heterocycles. The van der Waals surface area contributed by atoms with Gasteiger partial charge in [-0.05, 0) is 35.4 Å². The molecule has 0 saturated heterocycles. The van der Waals surface area contributed by atoms with E-state index >= 15 is 0 Å². The molecule has 0 aromatic heterocycles. The van der Waals surface area contributed by atoms with E-state index in [1.54, 1.807) is 0 Å². The molecule has 0 spiro atoms. The van der Waals surface area contributed by atoms with Crippen LogP contribution in [0.25, 0.3) is 0 Å². The molecule has 0 aliphatic rings. The molecule has 0 amide bonds. The van der Waals surface area contributed by atoms with E-state index in [4.69, 9.17) is 0 Å². The molecule has 2 atom stereocenters. The number of nitriles is 1. The van der Waals surface area contributed by atoms with Crippen molar-refractivity contribution in [2.24, 2.45) is 0 Å². The van der Waals surface area contributed by atoms with Crippen LogP contribution in [0.15, 0.2) is 42.5 Å². The Balaban J connectivity index is 2.50. The Morgan fingerprint density at radius 1 is 1.07 bits per heavy atom. The minimum atomic E-state index is -3.16. The van der Waals surface area contributed by atoms with Crippen LogP contribution < -0.4 is 4.74 Å². The number of benzene rings is 2. The molecule has 0 aliphatic carbocycles. The zero-order valence-electron chi connectivity index (χ0n) is 14.2. The number of rotatable bonds is 7. The van der Waals surface area contributed by atoms with Gasteiger partial charge in [0.25, 0.3) is 0 Å². The van der Waals surface area contributed by atoms with Crippen LogP contribution in [0.3, 0.4) is 0 Å². The second-order valence-corrected chi connectivity index (χ2v) is 5.64. The summed E-state index contributed by atoms with van der Waals surface area (Å²) >= 11 is 0. The summed E-state index contributed by atoms with van der Waals surface area (Å²) in [4.78, 5) is 11.8. The highest BCUT2D eigenvalue weighted by Crippen LogP contribution is 2.37. The number of hydrogen-bond acceptors (Lipinski definition) is 4. The van der Waals surface area contributed by atoms with Crippen LogP contribution in [0, 0.1) is 23.0 Å². The molecular formula is C19H15F4NO3. The van der Waals surface area contributed by atoms with Crippen molar-refractivity contribution in [3.05, 3.63) is 65.2 Å². The van der Waals surface area contributed by atoms with Crippen molar-refractivity contribution >= 4 is 5.97 Å². The molecule has 2 unspecified atom stereocenters. The standard InChI is InChI=1S/C19H15F4NO3/c1-26-18(25)9-16(17(10-24)11-2-4-13(20)5-3-11)12-6-14(21)8-15(7-12)27-19(22)23/h2-8,16-17,19H,9H2,1H3. The molecule has 0 fully saturated rings. The maximum atomic E-state index is 13.9. The van der Waals surface area contributed by atoms with Gasteiger partial charge in [0.1, 0.15) is 17.4 Å². The van der Waals surface area contributed by atoms with Gasteiger partial charge in [-0.2, -0.15) is 14.0 Å². The first-order valence-corrected chi connectivity index (χ1v) is 7.81. The first kappa shape index (κ1) is 20.2. The normalized spacial score (nSPS) is 12.9. The van der Waals surface area contributed by atoms with E-state index in [9.17, 15) is 27.6 Å². The molecule has 0 saturated carbocycles. The molecule has 0 radical (unpaired) electrons. The number of methoxy groups -OCH3 is 1. The molecule has 2 aromatic carbocycles. The molecular weight excluding hydrogens is 366 g/mol. The number of alkyl halides is 2. The van der Waals surface area contributed by atoms with E-state index in [0.29, 0.717) is 5.56 Å². The fraction of sp³-hybridized carbons (Fsp3) is 0.263. The minimum Gasteiger partial charge on any atom is -0.469 e. The highest BCUT2D eigenvalue weighted by molar-refractivity contribution is 5.71. The van der Waals surface area contributed by atoms with Gasteiger partial charge in [0.15, 0.2) is 0 Å². The zero-order valence-corrected chi connectivity index (χ0v) is 14.2. The van der Waals surface area contributed by atoms with Crippen LogP contribution in [-0.2, 0) is 9.53 Å². The quantitative estimate of drug-likeness (QED) is 0.523. The Kier molecular flexibility index (Phi) is 6.77. The molecule has 2 rings (SSSR count). The maximum absolute atomic E-state index is 13.9. The van der Waals surface area contributed by atoms with Crippen molar-refractivity contribution in [1.82, 2.24) is 0 Å². The Bertz CT molecular complexity index is 834. The predicted molar refractivity (Wildman–Crippen MR) is 87.2 cm³/mol. The summed E-state index contributed by atoms with van der Waals surface area (Å²) in [7, 11) is 1.15. The Labute approximate surface area is 152 Å². The predicted octanol–water partition coefficient (Wildman–Crippen LogP) is 4.52. The van der Waals surface area contributed by atoms with Gasteiger partial charge in [-0.25, -0.2) is 8.78 Å². The first-order chi connectivity index (χ1) is 12.8. The van der Waals surface area contributed by atoms with Gasteiger partial charge in [-0.15, -0.1) is 0 Å². The van der Waals surface area contributed by atoms with Crippen molar-refractivity contribution in [1.29, 1.82) is 5.26 Å². The number of ether oxygens (including phenoxy) is 2. The number of halogens is 4. The van der Waals surface area contributed by atoms with Crippen molar-refractivity contribution in [3.8, 4) is 11.8 Å². The Morgan fingerprint density at radius 3 is 2.30 bits per heavy atom. The summed E-state index contributed by atoms with van der Waals surface area (Å²) < 4.78 is 60.9. The van der Waals surface area contributed by atoms with Gasteiger partial charge >= 0.3 is 12.6 Å². The van der Waals surface area contributed by atoms with E-state index in [-0.39, 0.29) is 12.0 Å². The van der Waals surface area contributed by atoms with Crippen LogP contribution in [0.4, 0.5) is 17.6 Å². The van der Waals surface area contributed by atoms with Gasteiger partial charge < -0.3 is 9.47 Å². The number of carbonyl (C=O) groups excluding carboxylic acids is 1. The van der Waals surface area contributed by atoms with Crippen molar-refractivity contribution < 1.29 is 31.8 Å². The average Bonchev–Trinajstić information content (AvgIpc) is 2.61. The van der Waals surface area contributed by atoms with Gasteiger partial charge in [0.05, 0.1) is 25.5 Å². The summed E-state index contributed by atoms with van der Waals surface area (Å²) in [6.45, 7) is -3.16. The van der Waals surface area contributed by atoms with Crippen molar-refractivity contribution in [2.75, 3.05) is 7.11 Å². The molecule has 0 aliphatic heterocycles. The van der Waals surface area contributed by atoms with E-state index in [1.807, 2.05) is 6.07 Å². The lowest BCUT2D eigenvalue weighted by Gasteiger charge is -2.22. The van der Waals surface area contributed by atoms with E-state index < -0.39 is 41.8 Å². The Morgan fingerprint density at radius 2 is 1.74 bits per heavy atom. The second kappa shape index (κ2) is 9.03. The van der Waals surface area contributed by atoms with Crippen LogP contribution in [0.1, 0.15) is 29.4 Å². The SMILES string of the molecule is COC(=O)CC(c1cc(F)cc(OC(F)F)c1)C(C#N)c1ccc(F)cc1. The second-order valence-electron chi connectivity index (χ2n) is 5.64. The lowest BCUT2D eigenvalue weighted by molar-refractivity contribution is -0.141. The topological polar surface area (TPSA) is 59.3 Å². The lowest BCUT2D eigenvalue weighted by atomic mass is 9.80. The average molecular weight is 381 g/mol. The number of esters is 1. The molecule has 4 nitrogen and oxygen atoms in total. The molecule has 27 heavy (non-hydrogen) atoms. The smallest absolute Gasteiger partial charge is 0.387 e. The number of nitrogens with zero attached hydrogens (tertiary/aromatic N) is 1. The highest BCUT2D eigenvalue weighted by atomic mass is 19.3. The third-order valence-electron chi connectivity index (χ3n) is 3.93. The summed E-state index contributed by atoms with van der Waals surface area (Å²) in [5, 5.41) is 9.61.